The highest BCUT2D eigenvalue weighted by molar-refractivity contribution is 9.10. The summed E-state index contributed by atoms with van der Waals surface area (Å²) in [5.41, 5.74) is 3.47. The van der Waals surface area contributed by atoms with E-state index in [4.69, 9.17) is 9.47 Å². The monoisotopic (exact) mass is 540 g/mol. The number of rotatable bonds is 8. The van der Waals surface area contributed by atoms with Gasteiger partial charge in [-0.15, -0.1) is 0 Å². The van der Waals surface area contributed by atoms with Gasteiger partial charge in [0.15, 0.2) is 11.5 Å². The Kier molecular flexibility index (Phi) is 8.04. The van der Waals surface area contributed by atoms with Crippen LogP contribution in [-0.2, 0) is 11.4 Å². The van der Waals surface area contributed by atoms with Crippen LogP contribution < -0.4 is 14.8 Å². The quantitative estimate of drug-likeness (QED) is 0.186. The Morgan fingerprint density at radius 1 is 1.03 bits per heavy atom. The minimum absolute atomic E-state index is 0.0225. The predicted molar refractivity (Wildman–Crippen MR) is 147 cm³/mol. The SMILES string of the molecule is CCOc1cc(/C=C(\C#N)C(=O)Nc2cccc3ccccc23)cc(Br)c1OCc1cccc(C)c1. The zero-order chi connectivity index (χ0) is 25.5. The molecule has 0 bridgehead atoms. The molecule has 0 heterocycles. The molecule has 0 saturated heterocycles. The lowest BCUT2D eigenvalue weighted by Crippen LogP contribution is -2.13. The predicted octanol–water partition coefficient (Wildman–Crippen LogP) is 7.43. The summed E-state index contributed by atoms with van der Waals surface area (Å²) < 4.78 is 12.6. The van der Waals surface area contributed by atoms with Crippen LogP contribution >= 0.6 is 15.9 Å². The smallest absolute Gasteiger partial charge is 0.266 e. The van der Waals surface area contributed by atoms with Crippen molar-refractivity contribution in [2.24, 2.45) is 0 Å². The Hall–Kier alpha value is -4.08. The van der Waals surface area contributed by atoms with Crippen molar-refractivity contribution in [1.82, 2.24) is 0 Å². The number of carbonyl (C=O) groups excluding carboxylic acids is 1. The number of hydrogen-bond donors (Lipinski definition) is 1. The van der Waals surface area contributed by atoms with E-state index in [0.29, 0.717) is 40.4 Å². The van der Waals surface area contributed by atoms with Crippen molar-refractivity contribution >= 4 is 44.4 Å². The maximum absolute atomic E-state index is 13.0. The van der Waals surface area contributed by atoms with E-state index in [2.05, 4.69) is 27.3 Å². The zero-order valence-corrected chi connectivity index (χ0v) is 21.6. The van der Waals surface area contributed by atoms with Gasteiger partial charge in [0, 0.05) is 11.1 Å². The number of nitrogens with one attached hydrogen (secondary N) is 1. The number of carbonyl (C=O) groups is 1. The molecule has 1 N–H and O–H groups in total. The molecule has 4 rings (SSSR count). The van der Waals surface area contributed by atoms with E-state index in [-0.39, 0.29) is 5.57 Å². The lowest BCUT2D eigenvalue weighted by atomic mass is 10.1. The first-order valence-electron chi connectivity index (χ1n) is 11.5. The molecule has 180 valence electrons. The number of hydrogen-bond acceptors (Lipinski definition) is 4. The summed E-state index contributed by atoms with van der Waals surface area (Å²) in [7, 11) is 0. The van der Waals surface area contributed by atoms with Crippen molar-refractivity contribution in [3.8, 4) is 17.6 Å². The molecular formula is C30H25BrN2O3. The number of benzene rings is 4. The fourth-order valence-electron chi connectivity index (χ4n) is 3.87. The van der Waals surface area contributed by atoms with Gasteiger partial charge in [-0.2, -0.15) is 5.26 Å². The van der Waals surface area contributed by atoms with Gasteiger partial charge >= 0.3 is 0 Å². The molecule has 0 unspecified atom stereocenters. The van der Waals surface area contributed by atoms with E-state index in [1.165, 1.54) is 6.08 Å². The van der Waals surface area contributed by atoms with Crippen molar-refractivity contribution in [2.45, 2.75) is 20.5 Å². The summed E-state index contributed by atoms with van der Waals surface area (Å²) in [5, 5.41) is 14.5. The molecule has 0 aliphatic rings. The standard InChI is InChI=1S/C30H25BrN2O3/c1-3-35-28-17-22(16-26(31)29(28)36-19-21-9-6-8-20(2)14-21)15-24(18-32)30(34)33-27-13-7-11-23-10-4-5-12-25(23)27/h4-17H,3,19H2,1-2H3,(H,33,34)/b24-15+. The van der Waals surface area contributed by atoms with Crippen LogP contribution in [0.1, 0.15) is 23.6 Å². The van der Waals surface area contributed by atoms with Gasteiger partial charge in [0.2, 0.25) is 0 Å². The third-order valence-electron chi connectivity index (χ3n) is 5.51. The third-order valence-corrected chi connectivity index (χ3v) is 6.10. The van der Waals surface area contributed by atoms with Crippen molar-refractivity contribution in [3.05, 3.63) is 106 Å². The van der Waals surface area contributed by atoms with Crippen LogP contribution in [0.15, 0.2) is 88.9 Å². The molecule has 0 fully saturated rings. The summed E-state index contributed by atoms with van der Waals surface area (Å²) in [6, 6.07) is 27.1. The highest BCUT2D eigenvalue weighted by atomic mass is 79.9. The number of aryl methyl sites for hydroxylation is 1. The second kappa shape index (κ2) is 11.6. The van der Waals surface area contributed by atoms with E-state index in [1.807, 2.05) is 80.6 Å². The second-order valence-electron chi connectivity index (χ2n) is 8.19. The average molecular weight is 541 g/mol. The maximum Gasteiger partial charge on any atom is 0.266 e. The molecule has 4 aromatic rings. The van der Waals surface area contributed by atoms with Crippen LogP contribution in [0.5, 0.6) is 11.5 Å². The van der Waals surface area contributed by atoms with E-state index in [9.17, 15) is 10.1 Å². The molecule has 0 aromatic heterocycles. The Labute approximate surface area is 219 Å². The van der Waals surface area contributed by atoms with Crippen molar-refractivity contribution in [3.63, 3.8) is 0 Å². The summed E-state index contributed by atoms with van der Waals surface area (Å²) in [6.07, 6.45) is 1.54. The van der Waals surface area contributed by atoms with Crippen LogP contribution in [0.2, 0.25) is 0 Å². The number of halogens is 1. The number of anilines is 1. The van der Waals surface area contributed by atoms with Crippen LogP contribution in [0.4, 0.5) is 5.69 Å². The minimum atomic E-state index is -0.484. The maximum atomic E-state index is 13.0. The Balaban J connectivity index is 1.59. The largest absolute Gasteiger partial charge is 0.490 e. The molecule has 0 atom stereocenters. The first-order valence-corrected chi connectivity index (χ1v) is 12.3. The third kappa shape index (κ3) is 5.94. The highest BCUT2D eigenvalue weighted by Crippen LogP contribution is 2.38. The van der Waals surface area contributed by atoms with Gasteiger partial charge in [-0.1, -0.05) is 66.2 Å². The van der Waals surface area contributed by atoms with E-state index in [0.717, 1.165) is 21.9 Å². The molecule has 0 radical (unpaired) electrons. The van der Waals surface area contributed by atoms with E-state index in [1.54, 1.807) is 12.1 Å². The topological polar surface area (TPSA) is 71.3 Å². The number of ether oxygens (including phenoxy) is 2. The van der Waals surface area contributed by atoms with Gasteiger partial charge in [-0.25, -0.2) is 0 Å². The van der Waals surface area contributed by atoms with Gasteiger partial charge in [0.05, 0.1) is 11.1 Å². The van der Waals surface area contributed by atoms with Crippen LogP contribution in [0, 0.1) is 18.3 Å². The fourth-order valence-corrected chi connectivity index (χ4v) is 4.45. The highest BCUT2D eigenvalue weighted by Gasteiger charge is 2.15. The average Bonchev–Trinajstić information content (AvgIpc) is 2.87. The van der Waals surface area contributed by atoms with Gasteiger partial charge in [-0.05, 0) is 70.6 Å². The molecule has 1 amide bonds. The molecular weight excluding hydrogens is 516 g/mol. The van der Waals surface area contributed by atoms with Gasteiger partial charge in [0.25, 0.3) is 5.91 Å². The summed E-state index contributed by atoms with van der Waals surface area (Å²) in [6.45, 7) is 4.74. The van der Waals surface area contributed by atoms with Gasteiger partial charge in [0.1, 0.15) is 18.2 Å². The first kappa shape index (κ1) is 25.0. The lowest BCUT2D eigenvalue weighted by molar-refractivity contribution is -0.112. The summed E-state index contributed by atoms with van der Waals surface area (Å²) >= 11 is 3.57. The van der Waals surface area contributed by atoms with Gasteiger partial charge < -0.3 is 14.8 Å². The van der Waals surface area contributed by atoms with Gasteiger partial charge in [-0.3, -0.25) is 4.79 Å². The van der Waals surface area contributed by atoms with Crippen molar-refractivity contribution in [2.75, 3.05) is 11.9 Å². The van der Waals surface area contributed by atoms with Crippen molar-refractivity contribution < 1.29 is 14.3 Å². The molecule has 0 aliphatic heterocycles. The number of amides is 1. The number of fused-ring (bicyclic) bond motifs is 1. The van der Waals surface area contributed by atoms with Crippen LogP contribution in [0.25, 0.3) is 16.8 Å². The van der Waals surface area contributed by atoms with Crippen molar-refractivity contribution in [1.29, 1.82) is 5.26 Å². The number of nitriles is 1. The Bertz CT molecular complexity index is 1480. The zero-order valence-electron chi connectivity index (χ0n) is 20.0. The number of nitrogens with zero attached hydrogens (tertiary/aromatic N) is 1. The molecule has 6 heteroatoms. The Morgan fingerprint density at radius 3 is 2.58 bits per heavy atom. The molecule has 0 aliphatic carbocycles. The first-order chi connectivity index (χ1) is 17.5. The molecule has 0 spiro atoms. The summed E-state index contributed by atoms with van der Waals surface area (Å²) in [4.78, 5) is 13.0. The minimum Gasteiger partial charge on any atom is -0.490 e. The van der Waals surface area contributed by atoms with E-state index < -0.39 is 5.91 Å². The lowest BCUT2D eigenvalue weighted by Gasteiger charge is -2.15. The van der Waals surface area contributed by atoms with Crippen LogP contribution in [-0.4, -0.2) is 12.5 Å². The fraction of sp³-hybridized carbons (Fsp3) is 0.133. The van der Waals surface area contributed by atoms with E-state index >= 15 is 0 Å². The second-order valence-corrected chi connectivity index (χ2v) is 9.05. The molecule has 36 heavy (non-hydrogen) atoms. The molecule has 5 nitrogen and oxygen atoms in total. The Morgan fingerprint density at radius 2 is 1.81 bits per heavy atom. The molecule has 0 saturated carbocycles. The van der Waals surface area contributed by atoms with Crippen LogP contribution in [0.3, 0.4) is 0 Å². The normalized spacial score (nSPS) is 11.1. The summed E-state index contributed by atoms with van der Waals surface area (Å²) in [5.74, 6) is 0.606. The molecule has 4 aromatic carbocycles.